The number of carbonyl (C=O) groups is 1. The smallest absolute Gasteiger partial charge is 0.162 e. The van der Waals surface area contributed by atoms with Crippen LogP contribution in [0.3, 0.4) is 0 Å². The van der Waals surface area contributed by atoms with E-state index in [1.54, 1.807) is 12.1 Å². The number of aldehydes is 1. The van der Waals surface area contributed by atoms with Crippen molar-refractivity contribution >= 4 is 6.29 Å². The lowest BCUT2D eigenvalue weighted by molar-refractivity contribution is 0.112. The first-order valence-corrected chi connectivity index (χ1v) is 4.13. The highest BCUT2D eigenvalue weighted by molar-refractivity contribution is 5.74. The molecule has 0 amide bonds. The lowest BCUT2D eigenvalue weighted by Crippen LogP contribution is -2.03. The van der Waals surface area contributed by atoms with Crippen LogP contribution in [0.4, 0.5) is 0 Å². The van der Waals surface area contributed by atoms with Crippen LogP contribution in [0.15, 0.2) is 30.6 Å². The van der Waals surface area contributed by atoms with Crippen molar-refractivity contribution in [3.05, 3.63) is 41.7 Å². The van der Waals surface area contributed by atoms with Gasteiger partial charge in [-0.1, -0.05) is 24.3 Å². The highest BCUT2D eigenvalue weighted by Crippen LogP contribution is 2.03. The fraction of sp³-hybridized carbons (Fsp3) is 0.111. The van der Waals surface area contributed by atoms with Gasteiger partial charge in [-0.25, -0.2) is 0 Å². The summed E-state index contributed by atoms with van der Waals surface area (Å²) in [6.45, 7) is 0.569. The summed E-state index contributed by atoms with van der Waals surface area (Å²) in [4.78, 5) is 11.9. The van der Waals surface area contributed by atoms with Gasteiger partial charge < -0.3 is 0 Å². The molecule has 0 bridgehead atoms. The van der Waals surface area contributed by atoms with E-state index in [1.807, 2.05) is 12.1 Å². The zero-order valence-electron chi connectivity index (χ0n) is 7.37. The van der Waals surface area contributed by atoms with E-state index in [0.717, 1.165) is 11.8 Å². The molecule has 0 fully saturated rings. The van der Waals surface area contributed by atoms with Crippen LogP contribution < -0.4 is 0 Å². The molecule has 5 nitrogen and oxygen atoms in total. The second-order valence-electron chi connectivity index (χ2n) is 2.83. The summed E-state index contributed by atoms with van der Waals surface area (Å²) in [5, 5.41) is 11.2. The van der Waals surface area contributed by atoms with Crippen molar-refractivity contribution < 1.29 is 4.79 Å². The Morgan fingerprint density at radius 2 is 2.07 bits per heavy atom. The van der Waals surface area contributed by atoms with Crippen LogP contribution in [0.5, 0.6) is 0 Å². The van der Waals surface area contributed by atoms with E-state index in [-0.39, 0.29) is 0 Å². The quantitative estimate of drug-likeness (QED) is 0.659. The summed E-state index contributed by atoms with van der Waals surface area (Å²) in [7, 11) is 0. The Morgan fingerprint density at radius 1 is 1.29 bits per heavy atom. The third-order valence-corrected chi connectivity index (χ3v) is 1.83. The lowest BCUT2D eigenvalue weighted by Gasteiger charge is -1.98. The summed E-state index contributed by atoms with van der Waals surface area (Å²) in [6, 6.07) is 7.26. The van der Waals surface area contributed by atoms with E-state index in [9.17, 15) is 4.79 Å². The third-order valence-electron chi connectivity index (χ3n) is 1.83. The summed E-state index contributed by atoms with van der Waals surface area (Å²) in [5.41, 5.74) is 1.70. The summed E-state index contributed by atoms with van der Waals surface area (Å²) in [5.74, 6) is 0. The topological polar surface area (TPSA) is 60.7 Å². The lowest BCUT2D eigenvalue weighted by atomic mass is 10.1. The number of nitrogens with zero attached hydrogens (tertiary/aromatic N) is 4. The van der Waals surface area contributed by atoms with Crippen LogP contribution in [0, 0.1) is 0 Å². The average Bonchev–Trinajstić information content (AvgIpc) is 2.72. The number of hydrogen-bond donors (Lipinski definition) is 0. The van der Waals surface area contributed by atoms with Gasteiger partial charge in [0.2, 0.25) is 0 Å². The Hall–Kier alpha value is -2.04. The number of benzene rings is 1. The Kier molecular flexibility index (Phi) is 2.31. The van der Waals surface area contributed by atoms with Gasteiger partial charge in [-0.2, -0.15) is 4.80 Å². The molecule has 0 saturated carbocycles. The number of rotatable bonds is 3. The van der Waals surface area contributed by atoms with E-state index in [0.29, 0.717) is 12.1 Å². The number of aromatic nitrogens is 4. The zero-order valence-corrected chi connectivity index (χ0v) is 7.37. The normalized spacial score (nSPS) is 10.0. The van der Waals surface area contributed by atoms with E-state index >= 15 is 0 Å². The molecule has 1 aromatic carbocycles. The van der Waals surface area contributed by atoms with Gasteiger partial charge in [0.05, 0.1) is 6.54 Å². The summed E-state index contributed by atoms with van der Waals surface area (Å²) >= 11 is 0. The molecule has 0 aliphatic heterocycles. The molecule has 2 rings (SSSR count). The molecule has 0 unspecified atom stereocenters. The van der Waals surface area contributed by atoms with Gasteiger partial charge in [-0.15, -0.1) is 10.2 Å². The first-order chi connectivity index (χ1) is 6.88. The number of hydrogen-bond acceptors (Lipinski definition) is 4. The zero-order chi connectivity index (χ0) is 9.80. The van der Waals surface area contributed by atoms with E-state index in [4.69, 9.17) is 0 Å². The van der Waals surface area contributed by atoms with E-state index in [2.05, 4.69) is 15.4 Å². The van der Waals surface area contributed by atoms with Crippen molar-refractivity contribution in [2.75, 3.05) is 0 Å². The molecular weight excluding hydrogens is 180 g/mol. The molecule has 0 N–H and O–H groups in total. The van der Waals surface area contributed by atoms with Crippen LogP contribution in [0.25, 0.3) is 0 Å². The van der Waals surface area contributed by atoms with Gasteiger partial charge in [0.1, 0.15) is 6.29 Å². The van der Waals surface area contributed by atoms with Crippen molar-refractivity contribution in [2.24, 2.45) is 0 Å². The molecule has 0 spiro atoms. The maximum Gasteiger partial charge on any atom is 0.162 e. The molecule has 0 saturated heterocycles. The van der Waals surface area contributed by atoms with Gasteiger partial charge in [0.25, 0.3) is 0 Å². The van der Waals surface area contributed by atoms with Crippen LogP contribution in [-0.4, -0.2) is 26.5 Å². The minimum Gasteiger partial charge on any atom is -0.298 e. The maximum atomic E-state index is 10.4. The van der Waals surface area contributed by atoms with Crippen LogP contribution >= 0.6 is 0 Å². The second kappa shape index (κ2) is 3.78. The predicted octanol–water partition coefficient (Wildman–Crippen LogP) is 0.534. The monoisotopic (exact) mass is 188 g/mol. The van der Waals surface area contributed by atoms with Crippen molar-refractivity contribution in [1.29, 1.82) is 0 Å². The fourth-order valence-corrected chi connectivity index (χ4v) is 1.13. The van der Waals surface area contributed by atoms with Crippen molar-refractivity contribution in [3.8, 4) is 0 Å². The average molecular weight is 188 g/mol. The van der Waals surface area contributed by atoms with E-state index < -0.39 is 0 Å². The molecule has 0 atom stereocenters. The number of tetrazole rings is 1. The van der Waals surface area contributed by atoms with E-state index in [1.165, 1.54) is 11.1 Å². The molecular formula is C9H8N4O. The molecule has 0 aliphatic carbocycles. The number of carbonyl (C=O) groups excluding carboxylic acids is 1. The first kappa shape index (κ1) is 8.55. The minimum absolute atomic E-state index is 0.569. The Morgan fingerprint density at radius 3 is 2.64 bits per heavy atom. The first-order valence-electron chi connectivity index (χ1n) is 4.13. The molecule has 2 aromatic rings. The van der Waals surface area contributed by atoms with Crippen LogP contribution in [0.2, 0.25) is 0 Å². The third kappa shape index (κ3) is 1.82. The van der Waals surface area contributed by atoms with Crippen LogP contribution in [-0.2, 0) is 6.54 Å². The summed E-state index contributed by atoms with van der Waals surface area (Å²) in [6.07, 6.45) is 2.21. The molecule has 1 aromatic heterocycles. The maximum absolute atomic E-state index is 10.4. The second-order valence-corrected chi connectivity index (χ2v) is 2.83. The highest BCUT2D eigenvalue weighted by atomic mass is 16.1. The predicted molar refractivity (Wildman–Crippen MR) is 48.7 cm³/mol. The molecule has 5 heteroatoms. The minimum atomic E-state index is 0.569. The molecule has 0 aliphatic rings. The SMILES string of the molecule is O=Cc1ccc(Cn2ncnn2)cc1. The van der Waals surface area contributed by atoms with Crippen molar-refractivity contribution in [1.82, 2.24) is 20.2 Å². The molecule has 0 radical (unpaired) electrons. The standard InChI is InChI=1S/C9H8N4O/c14-6-9-3-1-8(2-4-9)5-13-11-7-10-12-13/h1-4,6-7H,5H2. The van der Waals surface area contributed by atoms with Crippen molar-refractivity contribution in [2.45, 2.75) is 6.54 Å². The molecule has 14 heavy (non-hydrogen) atoms. The Bertz CT molecular complexity index is 407. The van der Waals surface area contributed by atoms with Gasteiger partial charge in [-0.05, 0) is 10.8 Å². The largest absolute Gasteiger partial charge is 0.298 e. The van der Waals surface area contributed by atoms with Crippen molar-refractivity contribution in [3.63, 3.8) is 0 Å². The van der Waals surface area contributed by atoms with Gasteiger partial charge in [-0.3, -0.25) is 4.79 Å². The van der Waals surface area contributed by atoms with Gasteiger partial charge >= 0.3 is 0 Å². The fourth-order valence-electron chi connectivity index (χ4n) is 1.13. The highest BCUT2D eigenvalue weighted by Gasteiger charge is 1.96. The Balaban J connectivity index is 2.14. The summed E-state index contributed by atoms with van der Waals surface area (Å²) < 4.78 is 0. The van der Waals surface area contributed by atoms with Gasteiger partial charge in [0.15, 0.2) is 6.33 Å². The molecule has 1 heterocycles. The van der Waals surface area contributed by atoms with Crippen LogP contribution in [0.1, 0.15) is 15.9 Å². The van der Waals surface area contributed by atoms with Gasteiger partial charge in [0, 0.05) is 5.56 Å². The molecule has 70 valence electrons. The Labute approximate surface area is 80.4 Å².